The Hall–Kier alpha value is -1.10. The van der Waals surface area contributed by atoms with Crippen LogP contribution in [0.25, 0.3) is 0 Å². The largest absolute Gasteiger partial charge is 0.295 e. The molecule has 0 aliphatic heterocycles. The van der Waals surface area contributed by atoms with Gasteiger partial charge in [-0.15, -0.1) is 0 Å². The predicted molar refractivity (Wildman–Crippen MR) is 67.1 cm³/mol. The van der Waals surface area contributed by atoms with Gasteiger partial charge >= 0.3 is 0 Å². The number of allylic oxidation sites excluding steroid dienone is 2. The molecule has 0 saturated heterocycles. The van der Waals surface area contributed by atoms with E-state index in [0.29, 0.717) is 18.3 Å². The molecular weight excluding hydrogens is 210 g/mol. The van der Waals surface area contributed by atoms with E-state index in [2.05, 4.69) is 26.0 Å². The first-order valence-electron chi connectivity index (χ1n) is 6.61. The molecular formula is C15H21NO. The van der Waals surface area contributed by atoms with Gasteiger partial charge in [0.2, 0.25) is 0 Å². The molecule has 2 heteroatoms. The molecule has 0 aromatic rings. The molecule has 1 unspecified atom stereocenters. The summed E-state index contributed by atoms with van der Waals surface area (Å²) in [5.41, 5.74) is 0.834. The van der Waals surface area contributed by atoms with E-state index in [1.807, 2.05) is 6.92 Å². The van der Waals surface area contributed by atoms with Crippen molar-refractivity contribution in [2.24, 2.45) is 23.2 Å². The molecule has 2 nitrogen and oxygen atoms in total. The molecule has 0 radical (unpaired) electrons. The average Bonchev–Trinajstić information content (AvgIpc) is 2.62. The minimum atomic E-state index is -0.0560. The Morgan fingerprint density at radius 3 is 2.71 bits per heavy atom. The summed E-state index contributed by atoms with van der Waals surface area (Å²) in [5, 5.41) is 9.35. The minimum absolute atomic E-state index is 0.0560. The molecule has 92 valence electrons. The molecule has 2 rings (SSSR count). The third-order valence-electron chi connectivity index (χ3n) is 4.88. The molecule has 0 heterocycles. The van der Waals surface area contributed by atoms with Crippen molar-refractivity contribution in [1.82, 2.24) is 0 Å². The van der Waals surface area contributed by atoms with Gasteiger partial charge < -0.3 is 0 Å². The summed E-state index contributed by atoms with van der Waals surface area (Å²) in [6.45, 7) is 6.35. The fourth-order valence-corrected chi connectivity index (χ4v) is 3.89. The van der Waals surface area contributed by atoms with Crippen LogP contribution in [-0.2, 0) is 4.79 Å². The van der Waals surface area contributed by atoms with Gasteiger partial charge in [0.05, 0.1) is 12.0 Å². The van der Waals surface area contributed by atoms with Crippen LogP contribution >= 0.6 is 0 Å². The topological polar surface area (TPSA) is 40.9 Å². The summed E-state index contributed by atoms with van der Waals surface area (Å²) < 4.78 is 0. The quantitative estimate of drug-likeness (QED) is 0.693. The molecule has 2 aliphatic carbocycles. The van der Waals surface area contributed by atoms with E-state index in [4.69, 9.17) is 0 Å². The van der Waals surface area contributed by atoms with Crippen LogP contribution in [0.1, 0.15) is 46.5 Å². The van der Waals surface area contributed by atoms with Crippen molar-refractivity contribution >= 4 is 5.78 Å². The van der Waals surface area contributed by atoms with Crippen molar-refractivity contribution in [2.45, 2.75) is 46.5 Å². The molecule has 1 saturated carbocycles. The smallest absolute Gasteiger partial charge is 0.158 e. The van der Waals surface area contributed by atoms with E-state index in [1.165, 1.54) is 0 Å². The lowest BCUT2D eigenvalue weighted by molar-refractivity contribution is -0.120. The second-order valence-electron chi connectivity index (χ2n) is 6.03. The molecule has 17 heavy (non-hydrogen) atoms. The fraction of sp³-hybridized carbons (Fsp3) is 0.733. The minimum Gasteiger partial charge on any atom is -0.295 e. The van der Waals surface area contributed by atoms with Gasteiger partial charge in [-0.25, -0.2) is 0 Å². The van der Waals surface area contributed by atoms with Gasteiger partial charge in [0.15, 0.2) is 5.78 Å². The first-order chi connectivity index (χ1) is 8.01. The van der Waals surface area contributed by atoms with Crippen LogP contribution in [-0.4, -0.2) is 5.78 Å². The second-order valence-corrected chi connectivity index (χ2v) is 6.03. The van der Waals surface area contributed by atoms with Crippen molar-refractivity contribution in [3.63, 3.8) is 0 Å². The molecule has 1 fully saturated rings. The van der Waals surface area contributed by atoms with E-state index in [0.717, 1.165) is 24.8 Å². The summed E-state index contributed by atoms with van der Waals surface area (Å²) in [5.74, 6) is 1.42. The molecule has 0 aromatic carbocycles. The number of hydrogen-bond acceptors (Lipinski definition) is 2. The van der Waals surface area contributed by atoms with Gasteiger partial charge in [0, 0.05) is 6.42 Å². The van der Waals surface area contributed by atoms with Crippen LogP contribution in [0.3, 0.4) is 0 Å². The van der Waals surface area contributed by atoms with Crippen LogP contribution in [0.2, 0.25) is 0 Å². The second kappa shape index (κ2) is 4.29. The standard InChI is InChI=1S/C15H21NO/c1-10(2)13-5-4-12(9-16)15(13)7-6-11(3)14(17)8-15/h6,10,12-13H,4-5,7-8H2,1-3H3/t12?,13-,15+/m0/s1. The van der Waals surface area contributed by atoms with Crippen molar-refractivity contribution in [3.05, 3.63) is 11.6 Å². The van der Waals surface area contributed by atoms with Gasteiger partial charge in [-0.2, -0.15) is 5.26 Å². The number of carbonyl (C=O) groups is 1. The number of carbonyl (C=O) groups excluding carboxylic acids is 1. The van der Waals surface area contributed by atoms with E-state index in [1.54, 1.807) is 0 Å². The first-order valence-corrected chi connectivity index (χ1v) is 6.61. The Morgan fingerprint density at radius 1 is 1.47 bits per heavy atom. The summed E-state index contributed by atoms with van der Waals surface area (Å²) in [7, 11) is 0. The summed E-state index contributed by atoms with van der Waals surface area (Å²) in [6, 6.07) is 2.46. The highest BCUT2D eigenvalue weighted by atomic mass is 16.1. The van der Waals surface area contributed by atoms with Crippen LogP contribution in [0.15, 0.2) is 11.6 Å². The summed E-state index contributed by atoms with van der Waals surface area (Å²) in [4.78, 5) is 12.0. The van der Waals surface area contributed by atoms with Crippen molar-refractivity contribution in [1.29, 1.82) is 5.26 Å². The predicted octanol–water partition coefficient (Wildman–Crippen LogP) is 3.49. The number of hydrogen-bond donors (Lipinski definition) is 0. The van der Waals surface area contributed by atoms with Crippen LogP contribution in [0, 0.1) is 34.5 Å². The molecule has 2 aliphatic rings. The molecule has 0 amide bonds. The van der Waals surface area contributed by atoms with Crippen LogP contribution < -0.4 is 0 Å². The van der Waals surface area contributed by atoms with Crippen molar-refractivity contribution in [3.8, 4) is 6.07 Å². The Balaban J connectivity index is 2.38. The van der Waals surface area contributed by atoms with Gasteiger partial charge in [-0.05, 0) is 49.0 Å². The third-order valence-corrected chi connectivity index (χ3v) is 4.88. The Morgan fingerprint density at radius 2 is 2.18 bits per heavy atom. The molecule has 0 aromatic heterocycles. The number of nitriles is 1. The van der Waals surface area contributed by atoms with E-state index in [-0.39, 0.29) is 17.1 Å². The monoisotopic (exact) mass is 231 g/mol. The maximum Gasteiger partial charge on any atom is 0.158 e. The summed E-state index contributed by atoms with van der Waals surface area (Å²) >= 11 is 0. The maximum atomic E-state index is 12.0. The number of ketones is 1. The molecule has 0 bridgehead atoms. The van der Waals surface area contributed by atoms with Gasteiger partial charge in [0.25, 0.3) is 0 Å². The first kappa shape index (κ1) is 12.4. The lowest BCUT2D eigenvalue weighted by Crippen LogP contribution is -2.38. The highest BCUT2D eigenvalue weighted by Crippen LogP contribution is 2.57. The Bertz CT molecular complexity index is 402. The normalized spacial score (nSPS) is 37.4. The van der Waals surface area contributed by atoms with E-state index >= 15 is 0 Å². The zero-order chi connectivity index (χ0) is 12.6. The zero-order valence-electron chi connectivity index (χ0n) is 11.0. The fourth-order valence-electron chi connectivity index (χ4n) is 3.89. The number of Topliss-reactive ketones (excluding diaryl/α,β-unsaturated/α-hetero) is 1. The third kappa shape index (κ3) is 1.82. The number of nitrogens with zero attached hydrogens (tertiary/aromatic N) is 1. The van der Waals surface area contributed by atoms with Crippen LogP contribution in [0.5, 0.6) is 0 Å². The molecule has 3 atom stereocenters. The van der Waals surface area contributed by atoms with Gasteiger partial charge in [-0.3, -0.25) is 4.79 Å². The Labute approximate surface area is 104 Å². The average molecular weight is 231 g/mol. The molecule has 1 spiro atoms. The van der Waals surface area contributed by atoms with Gasteiger partial charge in [0.1, 0.15) is 0 Å². The maximum absolute atomic E-state index is 12.0. The van der Waals surface area contributed by atoms with E-state index in [9.17, 15) is 10.1 Å². The number of rotatable bonds is 1. The Kier molecular flexibility index (Phi) is 3.12. The van der Waals surface area contributed by atoms with Crippen molar-refractivity contribution < 1.29 is 4.79 Å². The lowest BCUT2D eigenvalue weighted by atomic mass is 9.61. The zero-order valence-corrected chi connectivity index (χ0v) is 11.0. The molecule has 0 N–H and O–H groups in total. The highest BCUT2D eigenvalue weighted by molar-refractivity contribution is 5.96. The SMILES string of the molecule is CC1=CC[C@@]2(CC1=O)C(C#N)CC[C@H]2C(C)C. The van der Waals surface area contributed by atoms with Crippen LogP contribution in [0.4, 0.5) is 0 Å². The van der Waals surface area contributed by atoms with Crippen molar-refractivity contribution in [2.75, 3.05) is 0 Å². The summed E-state index contributed by atoms with van der Waals surface area (Å²) in [6.07, 6.45) is 5.66. The lowest BCUT2D eigenvalue weighted by Gasteiger charge is -2.41. The van der Waals surface area contributed by atoms with E-state index < -0.39 is 0 Å². The highest BCUT2D eigenvalue weighted by Gasteiger charge is 2.52. The van der Waals surface area contributed by atoms with Gasteiger partial charge in [-0.1, -0.05) is 19.9 Å².